The lowest BCUT2D eigenvalue weighted by Crippen LogP contribution is -2.15. The first kappa shape index (κ1) is 24.7. The third kappa shape index (κ3) is 5.71. The summed E-state index contributed by atoms with van der Waals surface area (Å²) in [6.45, 7) is 8.18. The fourth-order valence-electron chi connectivity index (χ4n) is 3.44. The lowest BCUT2D eigenvalue weighted by atomic mass is 9.91. The van der Waals surface area contributed by atoms with E-state index in [2.05, 4.69) is 21.3 Å². The number of ether oxygens (including phenoxy) is 1. The van der Waals surface area contributed by atoms with E-state index < -0.39 is 6.43 Å². The van der Waals surface area contributed by atoms with Crippen LogP contribution in [0.25, 0.3) is 11.6 Å². The zero-order valence-corrected chi connectivity index (χ0v) is 19.6. The van der Waals surface area contributed by atoms with Gasteiger partial charge < -0.3 is 14.1 Å². The quantitative estimate of drug-likeness (QED) is 0.446. The number of methoxy groups -OCH3 is 1. The number of halogens is 2. The Morgan fingerprint density at radius 1 is 1.27 bits per heavy atom. The lowest BCUT2D eigenvalue weighted by Gasteiger charge is -2.14. The van der Waals surface area contributed by atoms with Gasteiger partial charge in [-0.25, -0.2) is 8.78 Å². The molecule has 0 unspecified atom stereocenters. The maximum absolute atomic E-state index is 13.2. The summed E-state index contributed by atoms with van der Waals surface area (Å²) < 4.78 is 37.9. The molecule has 1 fully saturated rings. The molecule has 4 rings (SSSR count). The number of carbonyl (C=O) groups excluding carboxylic acids is 1. The van der Waals surface area contributed by atoms with E-state index in [1.807, 2.05) is 45.9 Å². The van der Waals surface area contributed by atoms with Gasteiger partial charge in [-0.3, -0.25) is 4.68 Å². The van der Waals surface area contributed by atoms with E-state index in [4.69, 9.17) is 9.26 Å². The van der Waals surface area contributed by atoms with Crippen molar-refractivity contribution in [3.8, 4) is 11.6 Å². The smallest absolute Gasteiger partial charge is 0.280 e. The Hall–Kier alpha value is -2.94. The van der Waals surface area contributed by atoms with Crippen molar-refractivity contribution < 1.29 is 22.8 Å². The number of rotatable bonds is 7. The Labute approximate surface area is 192 Å². The number of nitrogens with zero attached hydrogens (tertiary/aromatic N) is 4. The van der Waals surface area contributed by atoms with Crippen LogP contribution in [0.3, 0.4) is 0 Å². The van der Waals surface area contributed by atoms with Gasteiger partial charge in [0.05, 0.1) is 11.0 Å². The third-order valence-electron chi connectivity index (χ3n) is 5.59. The van der Waals surface area contributed by atoms with Crippen LogP contribution >= 0.6 is 0 Å². The summed E-state index contributed by atoms with van der Waals surface area (Å²) in [4.78, 5) is 15.0. The molecule has 0 bridgehead atoms. The number of hydrogen-bond donors (Lipinski definition) is 0. The van der Waals surface area contributed by atoms with Crippen LogP contribution in [0.15, 0.2) is 34.9 Å². The number of hydrogen-bond acceptors (Lipinski definition) is 6. The average molecular weight is 461 g/mol. The topological polar surface area (TPSA) is 83.0 Å². The van der Waals surface area contributed by atoms with Crippen LogP contribution < -0.4 is 0 Å². The van der Waals surface area contributed by atoms with Crippen LogP contribution in [0.2, 0.25) is 0 Å². The second kappa shape index (κ2) is 9.91. The maximum Gasteiger partial charge on any atom is 0.280 e. The zero-order chi connectivity index (χ0) is 24.2. The molecule has 0 atom stereocenters. The molecule has 9 heteroatoms. The summed E-state index contributed by atoms with van der Waals surface area (Å²) in [5.74, 6) is 0.657. The molecule has 0 spiro atoms. The standard InChI is InChI=1S/C19H18F2N4O2.C5H12O/c1-12-5-2-3-6-13(12)19(7-8-19)18-22-17(27-24-18)14-11-15(16(20)21)25(23-14)9-4-10-26;1-5(2,3)6-4/h2-3,5-6,10-11,16H,4,7-9H2,1H3;1-4H3. The molecule has 33 heavy (non-hydrogen) atoms. The molecule has 0 saturated heterocycles. The van der Waals surface area contributed by atoms with Crippen LogP contribution in [0.4, 0.5) is 8.78 Å². The monoisotopic (exact) mass is 460 g/mol. The van der Waals surface area contributed by atoms with Gasteiger partial charge in [-0.05, 0) is 57.7 Å². The normalized spacial score (nSPS) is 14.7. The van der Waals surface area contributed by atoms with E-state index in [1.54, 1.807) is 7.11 Å². The number of alkyl halides is 2. The Morgan fingerprint density at radius 3 is 2.48 bits per heavy atom. The minimum Gasteiger partial charge on any atom is -0.379 e. The number of carbonyl (C=O) groups is 1. The number of aldehydes is 1. The van der Waals surface area contributed by atoms with Crippen LogP contribution in [0.5, 0.6) is 0 Å². The predicted molar refractivity (Wildman–Crippen MR) is 119 cm³/mol. The van der Waals surface area contributed by atoms with Crippen LogP contribution in [-0.4, -0.2) is 38.9 Å². The predicted octanol–water partition coefficient (Wildman–Crippen LogP) is 5.28. The summed E-state index contributed by atoms with van der Waals surface area (Å²) in [5.41, 5.74) is 1.99. The molecule has 1 aliphatic carbocycles. The van der Waals surface area contributed by atoms with E-state index in [0.29, 0.717) is 12.1 Å². The molecule has 2 heterocycles. The van der Waals surface area contributed by atoms with Gasteiger partial charge in [-0.15, -0.1) is 0 Å². The molecule has 178 valence electrons. The highest BCUT2D eigenvalue weighted by Crippen LogP contribution is 2.53. The number of aryl methyl sites for hydroxylation is 2. The zero-order valence-electron chi connectivity index (χ0n) is 19.6. The first-order valence-corrected chi connectivity index (χ1v) is 10.9. The van der Waals surface area contributed by atoms with E-state index in [1.165, 1.54) is 6.07 Å². The van der Waals surface area contributed by atoms with Crippen molar-refractivity contribution in [1.82, 2.24) is 19.9 Å². The summed E-state index contributed by atoms with van der Waals surface area (Å²) >= 11 is 0. The highest BCUT2D eigenvalue weighted by atomic mass is 19.3. The summed E-state index contributed by atoms with van der Waals surface area (Å²) in [6, 6.07) is 9.29. The van der Waals surface area contributed by atoms with Crippen LogP contribution in [-0.2, 0) is 21.5 Å². The molecule has 1 saturated carbocycles. The highest BCUT2D eigenvalue weighted by Gasteiger charge is 2.50. The molecule has 0 amide bonds. The molecule has 0 radical (unpaired) electrons. The summed E-state index contributed by atoms with van der Waals surface area (Å²) in [5, 5.41) is 8.24. The molecular weight excluding hydrogens is 430 g/mol. The largest absolute Gasteiger partial charge is 0.379 e. The van der Waals surface area contributed by atoms with Gasteiger partial charge in [0.25, 0.3) is 12.3 Å². The first-order chi connectivity index (χ1) is 15.6. The molecule has 2 aromatic heterocycles. The van der Waals surface area contributed by atoms with Gasteiger partial charge in [-0.1, -0.05) is 29.4 Å². The molecule has 0 aliphatic heterocycles. The molecular formula is C24H30F2N4O3. The van der Waals surface area contributed by atoms with E-state index in [0.717, 1.165) is 28.7 Å². The molecule has 3 aromatic rings. The Balaban J connectivity index is 0.000000454. The maximum atomic E-state index is 13.2. The van der Waals surface area contributed by atoms with Gasteiger partial charge in [0.15, 0.2) is 11.5 Å². The second-order valence-electron chi connectivity index (χ2n) is 9.07. The Kier molecular flexibility index (Phi) is 7.41. The molecule has 7 nitrogen and oxygen atoms in total. The summed E-state index contributed by atoms with van der Waals surface area (Å²) in [7, 11) is 1.71. The van der Waals surface area contributed by atoms with Crippen molar-refractivity contribution in [3.63, 3.8) is 0 Å². The minimum atomic E-state index is -2.71. The second-order valence-corrected chi connectivity index (χ2v) is 9.07. The molecule has 0 N–H and O–H groups in total. The van der Waals surface area contributed by atoms with E-state index >= 15 is 0 Å². The Morgan fingerprint density at radius 2 is 1.94 bits per heavy atom. The van der Waals surface area contributed by atoms with Gasteiger partial charge in [0.2, 0.25) is 0 Å². The van der Waals surface area contributed by atoms with E-state index in [9.17, 15) is 13.6 Å². The van der Waals surface area contributed by atoms with Crippen molar-refractivity contribution in [1.29, 1.82) is 0 Å². The number of aromatic nitrogens is 4. The average Bonchev–Trinajstić information content (AvgIpc) is 3.21. The fourth-order valence-corrected chi connectivity index (χ4v) is 3.44. The van der Waals surface area contributed by atoms with Crippen molar-refractivity contribution in [3.05, 3.63) is 53.0 Å². The van der Waals surface area contributed by atoms with Crippen LogP contribution in [0, 0.1) is 6.92 Å². The van der Waals surface area contributed by atoms with Crippen molar-refractivity contribution in [2.75, 3.05) is 7.11 Å². The highest BCUT2D eigenvalue weighted by molar-refractivity contribution is 5.51. The molecule has 1 aliphatic rings. The third-order valence-corrected chi connectivity index (χ3v) is 5.59. The fraction of sp³-hybridized carbons (Fsp3) is 0.500. The van der Waals surface area contributed by atoms with Crippen molar-refractivity contribution in [2.24, 2.45) is 0 Å². The van der Waals surface area contributed by atoms with Crippen molar-refractivity contribution in [2.45, 2.75) is 70.9 Å². The Bertz CT molecular complexity index is 1080. The van der Waals surface area contributed by atoms with Gasteiger partial charge in [0.1, 0.15) is 12.0 Å². The van der Waals surface area contributed by atoms with Gasteiger partial charge >= 0.3 is 0 Å². The molecule has 1 aromatic carbocycles. The SMILES string of the molecule is COC(C)(C)C.Cc1ccccc1C1(c2noc(-c3cc(C(F)F)n(CCC=O)n3)n2)CC1. The van der Waals surface area contributed by atoms with Crippen LogP contribution in [0.1, 0.15) is 69.1 Å². The van der Waals surface area contributed by atoms with Crippen molar-refractivity contribution >= 4 is 6.29 Å². The summed E-state index contributed by atoms with van der Waals surface area (Å²) in [6.07, 6.45) is -0.117. The minimum absolute atomic E-state index is 0.0417. The first-order valence-electron chi connectivity index (χ1n) is 10.9. The lowest BCUT2D eigenvalue weighted by molar-refractivity contribution is -0.108. The number of benzene rings is 1. The van der Waals surface area contributed by atoms with Gasteiger partial charge in [-0.2, -0.15) is 10.1 Å². The van der Waals surface area contributed by atoms with E-state index in [-0.39, 0.29) is 41.3 Å². The van der Waals surface area contributed by atoms with Gasteiger partial charge in [0, 0.05) is 20.1 Å².